The first kappa shape index (κ1) is 15.1. The highest BCUT2D eigenvalue weighted by Crippen LogP contribution is 2.30. The fourth-order valence-electron chi connectivity index (χ4n) is 1.71. The van der Waals surface area contributed by atoms with Crippen LogP contribution >= 0.6 is 0 Å². The first-order valence-electron chi connectivity index (χ1n) is 7.29. The summed E-state index contributed by atoms with van der Waals surface area (Å²) in [6.07, 6.45) is 5.25. The number of hydrogen-bond donors (Lipinski definition) is 1. The SMILES string of the molecule is CCCNc1cncc(Oc2ccccc2OCCC)n1. The van der Waals surface area contributed by atoms with E-state index in [9.17, 15) is 0 Å². The van der Waals surface area contributed by atoms with E-state index in [2.05, 4.69) is 29.1 Å². The van der Waals surface area contributed by atoms with E-state index in [1.165, 1.54) is 0 Å². The molecule has 0 saturated carbocycles. The average molecular weight is 287 g/mol. The number of para-hydroxylation sites is 2. The molecule has 21 heavy (non-hydrogen) atoms. The van der Waals surface area contributed by atoms with Gasteiger partial charge in [-0.15, -0.1) is 0 Å². The van der Waals surface area contributed by atoms with Gasteiger partial charge in [0.25, 0.3) is 0 Å². The van der Waals surface area contributed by atoms with Crippen molar-refractivity contribution in [3.63, 3.8) is 0 Å². The molecule has 2 aromatic rings. The van der Waals surface area contributed by atoms with Gasteiger partial charge >= 0.3 is 0 Å². The summed E-state index contributed by atoms with van der Waals surface area (Å²) in [6, 6.07) is 7.57. The van der Waals surface area contributed by atoms with Crippen molar-refractivity contribution in [3.05, 3.63) is 36.7 Å². The first-order chi connectivity index (χ1) is 10.3. The van der Waals surface area contributed by atoms with Crippen molar-refractivity contribution in [2.24, 2.45) is 0 Å². The molecule has 0 saturated heterocycles. The molecule has 112 valence electrons. The lowest BCUT2D eigenvalue weighted by atomic mass is 10.3. The zero-order valence-electron chi connectivity index (χ0n) is 12.5. The van der Waals surface area contributed by atoms with Crippen LogP contribution in [0.4, 0.5) is 5.82 Å². The molecule has 1 N–H and O–H groups in total. The Morgan fingerprint density at radius 3 is 2.62 bits per heavy atom. The van der Waals surface area contributed by atoms with Gasteiger partial charge in [0.15, 0.2) is 11.5 Å². The molecule has 0 fully saturated rings. The number of rotatable bonds is 8. The second kappa shape index (κ2) is 8.09. The summed E-state index contributed by atoms with van der Waals surface area (Å²) >= 11 is 0. The molecule has 2 rings (SSSR count). The van der Waals surface area contributed by atoms with Gasteiger partial charge in [-0.25, -0.2) is 0 Å². The highest BCUT2D eigenvalue weighted by atomic mass is 16.5. The highest BCUT2D eigenvalue weighted by Gasteiger charge is 2.07. The lowest BCUT2D eigenvalue weighted by Gasteiger charge is -2.11. The molecule has 0 aliphatic heterocycles. The Balaban J connectivity index is 2.10. The van der Waals surface area contributed by atoms with Gasteiger partial charge in [0.2, 0.25) is 5.88 Å². The topological polar surface area (TPSA) is 56.3 Å². The lowest BCUT2D eigenvalue weighted by Crippen LogP contribution is -2.03. The smallest absolute Gasteiger partial charge is 0.240 e. The van der Waals surface area contributed by atoms with Crippen LogP contribution in [0.1, 0.15) is 26.7 Å². The largest absolute Gasteiger partial charge is 0.490 e. The molecule has 0 amide bonds. The van der Waals surface area contributed by atoms with E-state index in [1.54, 1.807) is 12.4 Å². The summed E-state index contributed by atoms with van der Waals surface area (Å²) in [4.78, 5) is 8.51. The van der Waals surface area contributed by atoms with Crippen LogP contribution in [-0.4, -0.2) is 23.1 Å². The van der Waals surface area contributed by atoms with Gasteiger partial charge in [-0.2, -0.15) is 4.98 Å². The van der Waals surface area contributed by atoms with Gasteiger partial charge in [0.05, 0.1) is 19.0 Å². The highest BCUT2D eigenvalue weighted by molar-refractivity contribution is 5.42. The summed E-state index contributed by atoms with van der Waals surface area (Å²) in [6.45, 7) is 5.68. The Morgan fingerprint density at radius 2 is 1.86 bits per heavy atom. The molecule has 0 unspecified atom stereocenters. The maximum absolute atomic E-state index is 5.79. The average Bonchev–Trinajstić information content (AvgIpc) is 2.52. The molecule has 5 nitrogen and oxygen atoms in total. The van der Waals surface area contributed by atoms with Crippen LogP contribution in [-0.2, 0) is 0 Å². The standard InChI is InChI=1S/C16H21N3O2/c1-3-9-18-15-11-17-12-16(19-15)21-14-8-6-5-7-13(14)20-10-4-2/h5-8,11-12H,3-4,9-10H2,1-2H3,(H,18,19). The van der Waals surface area contributed by atoms with Crippen LogP contribution in [0.2, 0.25) is 0 Å². The minimum absolute atomic E-state index is 0.448. The van der Waals surface area contributed by atoms with E-state index >= 15 is 0 Å². The third-order valence-corrected chi connectivity index (χ3v) is 2.69. The summed E-state index contributed by atoms with van der Waals surface area (Å²) in [7, 11) is 0. The van der Waals surface area contributed by atoms with Crippen molar-refractivity contribution in [2.75, 3.05) is 18.5 Å². The maximum Gasteiger partial charge on any atom is 0.240 e. The molecule has 0 spiro atoms. The molecular weight excluding hydrogens is 266 g/mol. The van der Waals surface area contributed by atoms with E-state index in [4.69, 9.17) is 9.47 Å². The molecule has 0 aliphatic rings. The zero-order chi connectivity index (χ0) is 14.9. The number of nitrogens with zero attached hydrogens (tertiary/aromatic N) is 2. The molecule has 1 aromatic heterocycles. The number of hydrogen-bond acceptors (Lipinski definition) is 5. The molecular formula is C16H21N3O2. The van der Waals surface area contributed by atoms with Gasteiger partial charge in [-0.1, -0.05) is 26.0 Å². The predicted molar refractivity (Wildman–Crippen MR) is 83.1 cm³/mol. The second-order valence-corrected chi connectivity index (χ2v) is 4.57. The summed E-state index contributed by atoms with van der Waals surface area (Å²) in [5.74, 6) is 2.52. The van der Waals surface area contributed by atoms with Crippen LogP contribution < -0.4 is 14.8 Å². The van der Waals surface area contributed by atoms with Gasteiger partial charge < -0.3 is 14.8 Å². The molecule has 1 heterocycles. The Morgan fingerprint density at radius 1 is 1.05 bits per heavy atom. The van der Waals surface area contributed by atoms with E-state index < -0.39 is 0 Å². The van der Waals surface area contributed by atoms with Crippen LogP contribution in [0.3, 0.4) is 0 Å². The Bertz CT molecular complexity index is 561. The van der Waals surface area contributed by atoms with Gasteiger partial charge in [0, 0.05) is 6.54 Å². The van der Waals surface area contributed by atoms with Crippen molar-refractivity contribution in [1.29, 1.82) is 0 Å². The van der Waals surface area contributed by atoms with Crippen molar-refractivity contribution in [2.45, 2.75) is 26.7 Å². The van der Waals surface area contributed by atoms with E-state index in [0.29, 0.717) is 29.8 Å². The van der Waals surface area contributed by atoms with Crippen molar-refractivity contribution in [1.82, 2.24) is 9.97 Å². The Hall–Kier alpha value is -2.30. The van der Waals surface area contributed by atoms with Gasteiger partial charge in [-0.3, -0.25) is 4.98 Å². The predicted octanol–water partition coefficient (Wildman–Crippen LogP) is 3.88. The second-order valence-electron chi connectivity index (χ2n) is 4.57. The maximum atomic E-state index is 5.79. The first-order valence-corrected chi connectivity index (χ1v) is 7.29. The molecule has 0 aliphatic carbocycles. The van der Waals surface area contributed by atoms with Crippen LogP contribution in [0, 0.1) is 0 Å². The normalized spacial score (nSPS) is 10.2. The summed E-state index contributed by atoms with van der Waals surface area (Å²) in [5.41, 5.74) is 0. The fourth-order valence-corrected chi connectivity index (χ4v) is 1.71. The quantitative estimate of drug-likeness (QED) is 0.798. The monoisotopic (exact) mass is 287 g/mol. The Labute approximate surface area is 125 Å². The van der Waals surface area contributed by atoms with Gasteiger partial charge in [-0.05, 0) is 25.0 Å². The number of anilines is 1. The molecule has 0 atom stereocenters. The summed E-state index contributed by atoms with van der Waals surface area (Å²) in [5, 5.41) is 3.18. The molecule has 5 heteroatoms. The fraction of sp³-hybridized carbons (Fsp3) is 0.375. The number of nitrogens with one attached hydrogen (secondary N) is 1. The zero-order valence-corrected chi connectivity index (χ0v) is 12.5. The third-order valence-electron chi connectivity index (χ3n) is 2.69. The third kappa shape index (κ3) is 4.63. The Kier molecular flexibility index (Phi) is 5.82. The van der Waals surface area contributed by atoms with Crippen LogP contribution in [0.5, 0.6) is 17.4 Å². The van der Waals surface area contributed by atoms with E-state index in [-0.39, 0.29) is 0 Å². The van der Waals surface area contributed by atoms with Crippen molar-refractivity contribution >= 4 is 5.82 Å². The van der Waals surface area contributed by atoms with Crippen LogP contribution in [0.25, 0.3) is 0 Å². The van der Waals surface area contributed by atoms with E-state index in [1.807, 2.05) is 24.3 Å². The number of aromatic nitrogens is 2. The van der Waals surface area contributed by atoms with Crippen molar-refractivity contribution < 1.29 is 9.47 Å². The molecule has 0 radical (unpaired) electrons. The minimum atomic E-state index is 0.448. The molecule has 0 bridgehead atoms. The summed E-state index contributed by atoms with van der Waals surface area (Å²) < 4.78 is 11.5. The number of benzene rings is 1. The molecule has 1 aromatic carbocycles. The minimum Gasteiger partial charge on any atom is -0.490 e. The van der Waals surface area contributed by atoms with Crippen molar-refractivity contribution in [3.8, 4) is 17.4 Å². The lowest BCUT2D eigenvalue weighted by molar-refractivity contribution is 0.300. The van der Waals surface area contributed by atoms with Gasteiger partial charge in [0.1, 0.15) is 5.82 Å². The van der Waals surface area contributed by atoms with Crippen LogP contribution in [0.15, 0.2) is 36.7 Å². The number of ether oxygens (including phenoxy) is 2. The van der Waals surface area contributed by atoms with E-state index in [0.717, 1.165) is 19.4 Å².